The molecule has 0 fully saturated rings. The third-order valence-corrected chi connectivity index (χ3v) is 3.44. The van der Waals surface area contributed by atoms with Gasteiger partial charge in [-0.1, -0.05) is 0 Å². The number of H-pyrrole nitrogens is 1. The molecule has 7 nitrogen and oxygen atoms in total. The summed E-state index contributed by atoms with van der Waals surface area (Å²) in [5.74, 6) is -0.0165. The summed E-state index contributed by atoms with van der Waals surface area (Å²) >= 11 is 5.30. The van der Waals surface area contributed by atoms with Crippen molar-refractivity contribution < 1.29 is 9.53 Å². The van der Waals surface area contributed by atoms with E-state index in [1.54, 1.807) is 11.8 Å². The number of amides is 1. The predicted octanol–water partition coefficient (Wildman–Crippen LogP) is 0.894. The zero-order valence-corrected chi connectivity index (χ0v) is 12.7. The lowest BCUT2D eigenvalue weighted by molar-refractivity contribution is -0.121. The lowest BCUT2D eigenvalue weighted by atomic mass is 10.4. The van der Waals surface area contributed by atoms with Crippen LogP contribution in [-0.2, 0) is 23.1 Å². The minimum atomic E-state index is -0.0165. The second kappa shape index (κ2) is 6.19. The van der Waals surface area contributed by atoms with Gasteiger partial charge in [-0.3, -0.25) is 9.48 Å². The number of hydrogen-bond acceptors (Lipinski definition) is 4. The zero-order valence-electron chi connectivity index (χ0n) is 11.9. The van der Waals surface area contributed by atoms with Crippen molar-refractivity contribution in [1.29, 1.82) is 0 Å². The third kappa shape index (κ3) is 2.91. The SMILES string of the molecule is COCCNC(=O)CCn1c(=S)[nH]c2c(C)nn(C)c21. The summed E-state index contributed by atoms with van der Waals surface area (Å²) in [4.78, 5) is 14.8. The van der Waals surface area contributed by atoms with E-state index in [1.165, 1.54) is 0 Å². The van der Waals surface area contributed by atoms with Gasteiger partial charge in [-0.05, 0) is 19.1 Å². The van der Waals surface area contributed by atoms with Crippen molar-refractivity contribution in [3.63, 3.8) is 0 Å². The van der Waals surface area contributed by atoms with Crippen LogP contribution in [0.5, 0.6) is 0 Å². The fourth-order valence-corrected chi connectivity index (χ4v) is 2.45. The van der Waals surface area contributed by atoms with Gasteiger partial charge in [-0.15, -0.1) is 0 Å². The van der Waals surface area contributed by atoms with Gasteiger partial charge in [0.2, 0.25) is 5.91 Å². The highest BCUT2D eigenvalue weighted by atomic mass is 32.1. The molecule has 20 heavy (non-hydrogen) atoms. The Labute approximate surface area is 121 Å². The van der Waals surface area contributed by atoms with E-state index in [4.69, 9.17) is 17.0 Å². The monoisotopic (exact) mass is 297 g/mol. The molecular weight excluding hydrogens is 278 g/mol. The van der Waals surface area contributed by atoms with Gasteiger partial charge in [0, 0.05) is 33.7 Å². The van der Waals surface area contributed by atoms with Crippen molar-refractivity contribution in [3.8, 4) is 0 Å². The standard InChI is InChI=1S/C12H19N5O2S/c1-8-10-11(16(2)15-8)17(12(20)14-10)6-4-9(18)13-5-7-19-3/h4-7H2,1-3H3,(H,13,18)(H,14,20). The molecule has 0 spiro atoms. The molecule has 2 rings (SSSR count). The highest BCUT2D eigenvalue weighted by Gasteiger charge is 2.13. The smallest absolute Gasteiger partial charge is 0.221 e. The summed E-state index contributed by atoms with van der Waals surface area (Å²) in [5, 5.41) is 7.13. The predicted molar refractivity (Wildman–Crippen MR) is 78.1 cm³/mol. The van der Waals surface area contributed by atoms with Gasteiger partial charge < -0.3 is 19.6 Å². The summed E-state index contributed by atoms with van der Waals surface area (Å²) < 4.78 is 9.18. The van der Waals surface area contributed by atoms with Gasteiger partial charge in [0.25, 0.3) is 0 Å². The van der Waals surface area contributed by atoms with Crippen LogP contribution in [0.2, 0.25) is 0 Å². The second-order valence-electron chi connectivity index (χ2n) is 4.58. The number of imidazole rings is 1. The Bertz CT molecular complexity index is 669. The number of nitrogens with one attached hydrogen (secondary N) is 2. The summed E-state index contributed by atoms with van der Waals surface area (Å²) in [6.07, 6.45) is 0.370. The molecule has 0 atom stereocenters. The largest absolute Gasteiger partial charge is 0.383 e. The first-order chi connectivity index (χ1) is 9.54. The first-order valence-corrected chi connectivity index (χ1v) is 6.83. The van der Waals surface area contributed by atoms with Crippen LogP contribution in [0.25, 0.3) is 11.2 Å². The number of aryl methyl sites for hydroxylation is 3. The normalized spacial score (nSPS) is 11.2. The molecule has 0 aliphatic heterocycles. The highest BCUT2D eigenvalue weighted by molar-refractivity contribution is 7.71. The lowest BCUT2D eigenvalue weighted by Crippen LogP contribution is -2.27. The Morgan fingerprint density at radius 2 is 2.30 bits per heavy atom. The topological polar surface area (TPSA) is 76.9 Å². The van der Waals surface area contributed by atoms with Crippen LogP contribution in [0, 0.1) is 11.7 Å². The fraction of sp³-hybridized carbons (Fsp3) is 0.583. The van der Waals surface area contributed by atoms with Crippen LogP contribution in [0.15, 0.2) is 0 Å². The molecule has 2 aromatic heterocycles. The first kappa shape index (κ1) is 14.7. The number of rotatable bonds is 6. The molecular formula is C12H19N5O2S. The molecule has 0 radical (unpaired) electrons. The van der Waals surface area contributed by atoms with Gasteiger partial charge in [-0.25, -0.2) is 0 Å². The quantitative estimate of drug-likeness (QED) is 0.613. The molecule has 1 amide bonds. The van der Waals surface area contributed by atoms with Crippen molar-refractivity contribution in [2.75, 3.05) is 20.3 Å². The van der Waals surface area contributed by atoms with Crippen molar-refractivity contribution in [2.45, 2.75) is 19.9 Å². The number of carbonyl (C=O) groups is 1. The molecule has 0 saturated carbocycles. The molecule has 2 N–H and O–H groups in total. The maximum absolute atomic E-state index is 11.7. The Hall–Kier alpha value is -1.67. The number of hydrogen-bond donors (Lipinski definition) is 2. The van der Waals surface area contributed by atoms with E-state index in [0.29, 0.717) is 30.9 Å². The Morgan fingerprint density at radius 1 is 1.55 bits per heavy atom. The van der Waals surface area contributed by atoms with E-state index in [2.05, 4.69) is 15.4 Å². The van der Waals surface area contributed by atoms with Gasteiger partial charge in [-0.2, -0.15) is 5.10 Å². The minimum absolute atomic E-state index is 0.0165. The van der Waals surface area contributed by atoms with E-state index in [0.717, 1.165) is 16.9 Å². The number of nitrogens with zero attached hydrogens (tertiary/aromatic N) is 3. The van der Waals surface area contributed by atoms with E-state index in [-0.39, 0.29) is 5.91 Å². The van der Waals surface area contributed by atoms with E-state index < -0.39 is 0 Å². The van der Waals surface area contributed by atoms with Crippen LogP contribution in [0.4, 0.5) is 0 Å². The van der Waals surface area contributed by atoms with Gasteiger partial charge in [0.15, 0.2) is 10.4 Å². The van der Waals surface area contributed by atoms with Crippen molar-refractivity contribution in [1.82, 2.24) is 24.6 Å². The fourth-order valence-electron chi connectivity index (χ4n) is 2.17. The van der Waals surface area contributed by atoms with Crippen LogP contribution < -0.4 is 5.32 Å². The maximum Gasteiger partial charge on any atom is 0.221 e. The molecule has 8 heteroatoms. The number of carbonyl (C=O) groups excluding carboxylic acids is 1. The molecule has 0 saturated heterocycles. The van der Waals surface area contributed by atoms with Crippen LogP contribution in [0.3, 0.4) is 0 Å². The maximum atomic E-state index is 11.7. The molecule has 0 aliphatic rings. The van der Waals surface area contributed by atoms with E-state index >= 15 is 0 Å². The number of fused-ring (bicyclic) bond motifs is 1. The average Bonchev–Trinajstić information content (AvgIpc) is 2.86. The highest BCUT2D eigenvalue weighted by Crippen LogP contribution is 2.17. The molecule has 0 aliphatic carbocycles. The van der Waals surface area contributed by atoms with Crippen LogP contribution >= 0.6 is 12.2 Å². The first-order valence-electron chi connectivity index (χ1n) is 6.42. The van der Waals surface area contributed by atoms with Crippen molar-refractivity contribution in [2.24, 2.45) is 7.05 Å². The Morgan fingerprint density at radius 3 is 3.00 bits per heavy atom. The summed E-state index contributed by atoms with van der Waals surface area (Å²) in [7, 11) is 3.47. The molecule has 0 aromatic carbocycles. The second-order valence-corrected chi connectivity index (χ2v) is 4.97. The van der Waals surface area contributed by atoms with Crippen molar-refractivity contribution >= 4 is 29.3 Å². The van der Waals surface area contributed by atoms with E-state index in [1.807, 2.05) is 18.5 Å². The summed E-state index contributed by atoms with van der Waals surface area (Å²) in [6, 6.07) is 0. The minimum Gasteiger partial charge on any atom is -0.383 e. The van der Waals surface area contributed by atoms with Crippen LogP contribution in [-0.4, -0.2) is 45.5 Å². The number of aromatic nitrogens is 4. The van der Waals surface area contributed by atoms with Gasteiger partial charge in [0.1, 0.15) is 5.52 Å². The summed E-state index contributed by atoms with van der Waals surface area (Å²) in [5.41, 5.74) is 2.74. The van der Waals surface area contributed by atoms with Crippen LogP contribution in [0.1, 0.15) is 12.1 Å². The third-order valence-electron chi connectivity index (χ3n) is 3.12. The molecule has 2 heterocycles. The lowest BCUT2D eigenvalue weighted by Gasteiger charge is -2.06. The van der Waals surface area contributed by atoms with Gasteiger partial charge >= 0.3 is 0 Å². The molecule has 0 bridgehead atoms. The van der Waals surface area contributed by atoms with Crippen molar-refractivity contribution in [3.05, 3.63) is 10.5 Å². The number of ether oxygens (including phenoxy) is 1. The molecule has 0 unspecified atom stereocenters. The molecule has 110 valence electrons. The number of aromatic amines is 1. The Kier molecular flexibility index (Phi) is 4.56. The van der Waals surface area contributed by atoms with E-state index in [9.17, 15) is 4.79 Å². The average molecular weight is 297 g/mol. The zero-order chi connectivity index (χ0) is 14.7. The Balaban J connectivity index is 2.08. The molecule has 2 aromatic rings. The number of methoxy groups -OCH3 is 1. The summed E-state index contributed by atoms with van der Waals surface area (Å²) in [6.45, 7) is 3.49. The van der Waals surface area contributed by atoms with Gasteiger partial charge in [0.05, 0.1) is 12.3 Å².